The number of fused-ring (bicyclic) bond motifs is 1. The number of anilines is 1. The van der Waals surface area contributed by atoms with Gasteiger partial charge in [0.25, 0.3) is 0 Å². The number of hydrogen-bond donors (Lipinski definition) is 1. The van der Waals surface area contributed by atoms with Crippen molar-refractivity contribution in [2.24, 2.45) is 0 Å². The number of alkyl halides is 1. The van der Waals surface area contributed by atoms with E-state index in [4.69, 9.17) is 0 Å². The second kappa shape index (κ2) is 4.15. The zero-order chi connectivity index (χ0) is 11.8. The van der Waals surface area contributed by atoms with E-state index in [1.165, 1.54) is 16.9 Å². The highest BCUT2D eigenvalue weighted by molar-refractivity contribution is 7.10. The minimum atomic E-state index is -1.00. The van der Waals surface area contributed by atoms with E-state index in [0.29, 0.717) is 0 Å². The van der Waals surface area contributed by atoms with Crippen molar-refractivity contribution in [3.63, 3.8) is 0 Å². The van der Waals surface area contributed by atoms with E-state index in [1.54, 1.807) is 0 Å². The Morgan fingerprint density at radius 3 is 3.00 bits per heavy atom. The summed E-state index contributed by atoms with van der Waals surface area (Å²) in [6.07, 6.45) is -0.00480. The Labute approximate surface area is 104 Å². The largest absolute Gasteiger partial charge is 0.384 e. The minimum Gasteiger partial charge on any atom is -0.384 e. The Kier molecular flexibility index (Phi) is 2.63. The number of nitrogens with one attached hydrogen (secondary N) is 1. The molecule has 0 saturated heterocycles. The first-order valence-electron chi connectivity index (χ1n) is 5.81. The fraction of sp³-hybridized carbons (Fsp3) is 0.286. The van der Waals surface area contributed by atoms with Gasteiger partial charge in [0.2, 0.25) is 0 Å². The van der Waals surface area contributed by atoms with Crippen LogP contribution in [0, 0.1) is 6.92 Å². The van der Waals surface area contributed by atoms with Crippen LogP contribution < -0.4 is 5.32 Å². The van der Waals surface area contributed by atoms with Gasteiger partial charge >= 0.3 is 0 Å². The van der Waals surface area contributed by atoms with Crippen molar-refractivity contribution in [2.75, 3.05) is 11.9 Å². The normalized spacial score (nSPS) is 15.4. The van der Waals surface area contributed by atoms with Crippen molar-refractivity contribution >= 4 is 17.0 Å². The molecule has 2 aromatic rings. The van der Waals surface area contributed by atoms with Crippen LogP contribution in [0.4, 0.5) is 10.1 Å². The van der Waals surface area contributed by atoms with E-state index < -0.39 is 6.17 Å². The molecule has 0 saturated carbocycles. The Morgan fingerprint density at radius 1 is 1.35 bits per heavy atom. The maximum Gasteiger partial charge on any atom is 0.162 e. The summed E-state index contributed by atoms with van der Waals surface area (Å²) in [6, 6.07) is 7.90. The number of hydrogen-bond acceptors (Lipinski definition) is 2. The van der Waals surface area contributed by atoms with E-state index in [1.807, 2.05) is 30.5 Å². The predicted octanol–water partition coefficient (Wildman–Crippen LogP) is 4.08. The summed E-state index contributed by atoms with van der Waals surface area (Å²) in [5.74, 6) is 0. The lowest BCUT2D eigenvalue weighted by atomic mass is 10.0. The molecule has 1 aromatic heterocycles. The maximum atomic E-state index is 14.6. The topological polar surface area (TPSA) is 12.0 Å². The highest BCUT2D eigenvalue weighted by Crippen LogP contribution is 2.39. The fourth-order valence-electron chi connectivity index (χ4n) is 2.36. The lowest BCUT2D eigenvalue weighted by molar-refractivity contribution is 0.408. The summed E-state index contributed by atoms with van der Waals surface area (Å²) in [5, 5.41) is 5.25. The molecule has 17 heavy (non-hydrogen) atoms. The van der Waals surface area contributed by atoms with Crippen LogP contribution in [0.1, 0.15) is 27.7 Å². The Morgan fingerprint density at radius 2 is 2.24 bits per heavy atom. The molecule has 0 spiro atoms. The second-order valence-corrected chi connectivity index (χ2v) is 5.34. The van der Waals surface area contributed by atoms with Crippen LogP contribution in [-0.4, -0.2) is 6.54 Å². The first-order chi connectivity index (χ1) is 8.27. The van der Waals surface area contributed by atoms with Gasteiger partial charge in [-0.2, -0.15) is 0 Å². The smallest absolute Gasteiger partial charge is 0.162 e. The molecule has 1 N–H and O–H groups in total. The molecule has 3 heteroatoms. The van der Waals surface area contributed by atoms with Crippen LogP contribution in [0.15, 0.2) is 29.6 Å². The quantitative estimate of drug-likeness (QED) is 0.843. The zero-order valence-electron chi connectivity index (χ0n) is 9.66. The SMILES string of the molecule is Cc1ccsc1C(F)c1cccc2c1NCC2. The molecule has 1 unspecified atom stereocenters. The second-order valence-electron chi connectivity index (χ2n) is 4.39. The van der Waals surface area contributed by atoms with E-state index in [9.17, 15) is 4.39 Å². The average molecular weight is 247 g/mol. The van der Waals surface area contributed by atoms with E-state index in [0.717, 1.165) is 34.7 Å². The highest BCUT2D eigenvalue weighted by Gasteiger charge is 2.23. The van der Waals surface area contributed by atoms with Gasteiger partial charge in [0.05, 0.1) is 0 Å². The zero-order valence-corrected chi connectivity index (χ0v) is 10.5. The third-order valence-corrected chi connectivity index (χ3v) is 4.34. The first-order valence-corrected chi connectivity index (χ1v) is 6.69. The number of thiophene rings is 1. The van der Waals surface area contributed by atoms with Crippen molar-refractivity contribution in [3.05, 3.63) is 51.2 Å². The molecule has 0 amide bonds. The summed E-state index contributed by atoms with van der Waals surface area (Å²) < 4.78 is 14.6. The summed E-state index contributed by atoms with van der Waals surface area (Å²) in [6.45, 7) is 2.89. The van der Waals surface area contributed by atoms with Gasteiger partial charge in [-0.1, -0.05) is 18.2 Å². The summed E-state index contributed by atoms with van der Waals surface area (Å²) in [4.78, 5) is 0.826. The molecule has 0 radical (unpaired) electrons. The van der Waals surface area contributed by atoms with E-state index in [2.05, 4.69) is 11.4 Å². The summed E-state index contributed by atoms with van der Waals surface area (Å²) in [7, 11) is 0. The third kappa shape index (κ3) is 1.75. The number of rotatable bonds is 2. The van der Waals surface area contributed by atoms with E-state index in [-0.39, 0.29) is 0 Å². The van der Waals surface area contributed by atoms with Crippen LogP contribution in [0.5, 0.6) is 0 Å². The Balaban J connectivity index is 2.05. The summed E-state index contributed by atoms with van der Waals surface area (Å²) in [5.41, 5.74) is 4.07. The fourth-order valence-corrected chi connectivity index (χ4v) is 3.28. The monoisotopic (exact) mass is 247 g/mol. The van der Waals surface area contributed by atoms with Gasteiger partial charge in [-0.3, -0.25) is 0 Å². The third-order valence-electron chi connectivity index (χ3n) is 3.28. The molecule has 0 aliphatic carbocycles. The van der Waals surface area contributed by atoms with Gasteiger partial charge in [0, 0.05) is 22.7 Å². The standard InChI is InChI=1S/C14H14FNS/c1-9-6-8-17-14(9)12(15)11-4-2-3-10-5-7-16-13(10)11/h2-4,6,8,12,16H,5,7H2,1H3. The van der Waals surface area contributed by atoms with Crippen molar-refractivity contribution < 1.29 is 4.39 Å². The number of benzene rings is 1. The Hall–Kier alpha value is -1.35. The van der Waals surface area contributed by atoms with Crippen LogP contribution in [0.25, 0.3) is 0 Å². The van der Waals surface area contributed by atoms with Crippen LogP contribution in [0.2, 0.25) is 0 Å². The number of aryl methyl sites for hydroxylation is 1. The van der Waals surface area contributed by atoms with Crippen LogP contribution >= 0.6 is 11.3 Å². The van der Waals surface area contributed by atoms with Gasteiger partial charge in [0.1, 0.15) is 0 Å². The summed E-state index contributed by atoms with van der Waals surface area (Å²) >= 11 is 1.50. The van der Waals surface area contributed by atoms with Gasteiger partial charge < -0.3 is 5.32 Å². The molecule has 88 valence electrons. The lowest BCUT2D eigenvalue weighted by Crippen LogP contribution is -2.00. The highest BCUT2D eigenvalue weighted by atomic mass is 32.1. The molecular weight excluding hydrogens is 233 g/mol. The molecule has 1 atom stereocenters. The molecule has 0 bridgehead atoms. The van der Waals surface area contributed by atoms with Crippen molar-refractivity contribution in [2.45, 2.75) is 19.5 Å². The predicted molar refractivity (Wildman–Crippen MR) is 70.6 cm³/mol. The molecule has 1 nitrogen and oxygen atoms in total. The average Bonchev–Trinajstić information content (AvgIpc) is 2.95. The molecule has 3 rings (SSSR count). The molecule has 1 aromatic carbocycles. The molecule has 1 aliphatic rings. The van der Waals surface area contributed by atoms with Gasteiger partial charge in [-0.25, -0.2) is 4.39 Å². The van der Waals surface area contributed by atoms with E-state index >= 15 is 0 Å². The minimum absolute atomic E-state index is 0.783. The first kappa shape index (κ1) is 10.8. The lowest BCUT2D eigenvalue weighted by Gasteiger charge is -2.13. The van der Waals surface area contributed by atoms with Crippen molar-refractivity contribution in [3.8, 4) is 0 Å². The van der Waals surface area contributed by atoms with Crippen molar-refractivity contribution in [1.82, 2.24) is 0 Å². The van der Waals surface area contributed by atoms with Gasteiger partial charge in [-0.15, -0.1) is 11.3 Å². The Bertz CT molecular complexity index is 547. The maximum absolute atomic E-state index is 14.6. The van der Waals surface area contributed by atoms with Gasteiger partial charge in [0.15, 0.2) is 6.17 Å². The van der Waals surface area contributed by atoms with Crippen molar-refractivity contribution in [1.29, 1.82) is 0 Å². The molecule has 2 heterocycles. The van der Waals surface area contributed by atoms with Crippen LogP contribution in [0.3, 0.4) is 0 Å². The number of para-hydroxylation sites is 1. The molecular formula is C14H14FNS. The molecule has 1 aliphatic heterocycles. The molecule has 0 fully saturated rings. The van der Waals surface area contributed by atoms with Gasteiger partial charge in [-0.05, 0) is 35.9 Å². The van der Waals surface area contributed by atoms with Crippen LogP contribution in [-0.2, 0) is 6.42 Å². The number of halogens is 1.